The summed E-state index contributed by atoms with van der Waals surface area (Å²) in [6.45, 7) is 2.34. The lowest BCUT2D eigenvalue weighted by molar-refractivity contribution is -0.144. The van der Waals surface area contributed by atoms with Crippen LogP contribution in [0.25, 0.3) is 0 Å². The number of amides is 1. The first-order valence-electron chi connectivity index (χ1n) is 5.80. The Hall–Kier alpha value is -1.64. The number of nitrogens with one attached hydrogen (secondary N) is 2. The zero-order chi connectivity index (χ0) is 14.0. The molecule has 2 atom stereocenters. The number of rotatable bonds is 2. The molecule has 9 heteroatoms. The van der Waals surface area contributed by atoms with Crippen molar-refractivity contribution in [3.05, 3.63) is 5.82 Å². The number of aromatic nitrogens is 3. The number of halogens is 3. The fraction of sp³-hybridized carbons (Fsp3) is 0.700. The maximum absolute atomic E-state index is 12.3. The molecule has 0 aliphatic carbocycles. The summed E-state index contributed by atoms with van der Waals surface area (Å²) in [5.41, 5.74) is 0. The van der Waals surface area contributed by atoms with Gasteiger partial charge in [0.1, 0.15) is 0 Å². The van der Waals surface area contributed by atoms with Gasteiger partial charge in [-0.15, -0.1) is 5.10 Å². The summed E-state index contributed by atoms with van der Waals surface area (Å²) in [6, 6.07) is 0. The van der Waals surface area contributed by atoms with Crippen molar-refractivity contribution in [1.29, 1.82) is 0 Å². The van der Waals surface area contributed by atoms with Crippen molar-refractivity contribution in [2.24, 2.45) is 5.92 Å². The first-order valence-corrected chi connectivity index (χ1v) is 5.80. The second-order valence-corrected chi connectivity index (χ2v) is 4.32. The predicted molar refractivity (Wildman–Crippen MR) is 58.2 cm³/mol. The van der Waals surface area contributed by atoms with E-state index in [-0.39, 0.29) is 12.1 Å². The third-order valence-corrected chi connectivity index (χ3v) is 2.93. The van der Waals surface area contributed by atoms with Gasteiger partial charge in [-0.25, -0.2) is 0 Å². The molecular formula is C10H13F3N4O2. The van der Waals surface area contributed by atoms with Gasteiger partial charge in [0.15, 0.2) is 0 Å². The summed E-state index contributed by atoms with van der Waals surface area (Å²) in [5, 5.41) is 7.31. The molecule has 0 radical (unpaired) electrons. The number of ether oxygens (including phenoxy) is 1. The van der Waals surface area contributed by atoms with Gasteiger partial charge in [0.05, 0.1) is 12.0 Å². The van der Waals surface area contributed by atoms with Crippen molar-refractivity contribution in [3.8, 4) is 0 Å². The van der Waals surface area contributed by atoms with Crippen molar-refractivity contribution < 1.29 is 22.7 Å². The predicted octanol–water partition coefficient (Wildman–Crippen LogP) is 1.58. The summed E-state index contributed by atoms with van der Waals surface area (Å²) in [5.74, 6) is -2.45. The van der Waals surface area contributed by atoms with E-state index in [1.165, 1.54) is 0 Å². The molecule has 1 aromatic heterocycles. The molecule has 0 saturated carbocycles. The van der Waals surface area contributed by atoms with E-state index in [9.17, 15) is 18.0 Å². The van der Waals surface area contributed by atoms with Gasteiger partial charge in [0.25, 0.3) is 0 Å². The fourth-order valence-corrected chi connectivity index (χ4v) is 1.91. The van der Waals surface area contributed by atoms with Gasteiger partial charge in [-0.1, -0.05) is 0 Å². The molecule has 19 heavy (non-hydrogen) atoms. The van der Waals surface area contributed by atoms with Crippen LogP contribution >= 0.6 is 0 Å². The van der Waals surface area contributed by atoms with Crippen LogP contribution in [0.1, 0.15) is 25.6 Å². The van der Waals surface area contributed by atoms with E-state index in [1.807, 2.05) is 0 Å². The quantitative estimate of drug-likeness (QED) is 0.860. The maximum Gasteiger partial charge on any atom is 0.451 e. The average molecular weight is 278 g/mol. The minimum Gasteiger partial charge on any atom is -0.378 e. The minimum atomic E-state index is -4.61. The molecular weight excluding hydrogens is 265 g/mol. The van der Waals surface area contributed by atoms with Gasteiger partial charge in [-0.3, -0.25) is 15.2 Å². The van der Waals surface area contributed by atoms with Crippen molar-refractivity contribution in [2.75, 3.05) is 11.9 Å². The van der Waals surface area contributed by atoms with Gasteiger partial charge < -0.3 is 4.74 Å². The SMILES string of the molecule is CC1OCCCC1C(=O)Nc1n[nH]c(C(F)(F)F)n1. The number of alkyl halides is 3. The van der Waals surface area contributed by atoms with Crippen LogP contribution < -0.4 is 5.32 Å². The van der Waals surface area contributed by atoms with Crippen molar-refractivity contribution in [2.45, 2.75) is 32.0 Å². The molecule has 2 unspecified atom stereocenters. The van der Waals surface area contributed by atoms with Gasteiger partial charge in [0.2, 0.25) is 17.7 Å². The van der Waals surface area contributed by atoms with Crippen molar-refractivity contribution in [1.82, 2.24) is 15.2 Å². The molecule has 0 aromatic carbocycles. The van der Waals surface area contributed by atoms with Crippen LogP contribution in [0.3, 0.4) is 0 Å². The first-order chi connectivity index (χ1) is 8.88. The molecule has 2 rings (SSSR count). The molecule has 1 fully saturated rings. The third-order valence-electron chi connectivity index (χ3n) is 2.93. The van der Waals surface area contributed by atoms with E-state index in [0.29, 0.717) is 13.0 Å². The van der Waals surface area contributed by atoms with Gasteiger partial charge >= 0.3 is 6.18 Å². The zero-order valence-electron chi connectivity index (χ0n) is 10.1. The molecule has 0 spiro atoms. The van der Waals surface area contributed by atoms with E-state index >= 15 is 0 Å². The van der Waals surface area contributed by atoms with Crippen LogP contribution in [-0.4, -0.2) is 33.8 Å². The zero-order valence-corrected chi connectivity index (χ0v) is 10.1. The molecule has 1 aliphatic heterocycles. The summed E-state index contributed by atoms with van der Waals surface area (Å²) < 4.78 is 42.2. The topological polar surface area (TPSA) is 79.9 Å². The van der Waals surface area contributed by atoms with Gasteiger partial charge in [-0.2, -0.15) is 18.2 Å². The maximum atomic E-state index is 12.3. The van der Waals surface area contributed by atoms with Crippen LogP contribution in [0.15, 0.2) is 0 Å². The third kappa shape index (κ3) is 3.22. The average Bonchev–Trinajstić information content (AvgIpc) is 2.77. The molecule has 106 valence electrons. The highest BCUT2D eigenvalue weighted by Gasteiger charge is 2.36. The Bertz CT molecular complexity index is 460. The summed E-state index contributed by atoms with van der Waals surface area (Å²) >= 11 is 0. The van der Waals surface area contributed by atoms with Crippen molar-refractivity contribution in [3.63, 3.8) is 0 Å². The molecule has 1 aromatic rings. The lowest BCUT2D eigenvalue weighted by Gasteiger charge is -2.27. The van der Waals surface area contributed by atoms with Crippen LogP contribution in [0, 0.1) is 5.92 Å². The second kappa shape index (κ2) is 5.16. The largest absolute Gasteiger partial charge is 0.451 e. The Labute approximate surface area is 106 Å². The van der Waals surface area contributed by atoms with E-state index in [0.717, 1.165) is 6.42 Å². The van der Waals surface area contributed by atoms with E-state index in [1.54, 1.807) is 12.0 Å². The number of carbonyl (C=O) groups excluding carboxylic acids is 1. The monoisotopic (exact) mass is 278 g/mol. The molecule has 1 saturated heterocycles. The molecule has 2 heterocycles. The summed E-state index contributed by atoms with van der Waals surface area (Å²) in [4.78, 5) is 15.0. The number of carbonyl (C=O) groups is 1. The number of aromatic amines is 1. The number of H-pyrrole nitrogens is 1. The number of anilines is 1. The number of nitrogens with zero attached hydrogens (tertiary/aromatic N) is 2. The van der Waals surface area contributed by atoms with Crippen LogP contribution in [-0.2, 0) is 15.7 Å². The Morgan fingerprint density at radius 1 is 1.53 bits per heavy atom. The standard InChI is InChI=1S/C10H13F3N4O2/c1-5-6(3-2-4-19-5)7(18)14-9-15-8(16-17-9)10(11,12)13/h5-6H,2-4H2,1H3,(H2,14,15,16,17,18). The fourth-order valence-electron chi connectivity index (χ4n) is 1.91. The van der Waals surface area contributed by atoms with E-state index in [4.69, 9.17) is 4.74 Å². The second-order valence-electron chi connectivity index (χ2n) is 4.32. The summed E-state index contributed by atoms with van der Waals surface area (Å²) in [6.07, 6.45) is -3.51. The van der Waals surface area contributed by atoms with Gasteiger partial charge in [0, 0.05) is 6.61 Å². The lowest BCUT2D eigenvalue weighted by Crippen LogP contribution is -2.36. The molecule has 1 amide bonds. The Morgan fingerprint density at radius 2 is 2.26 bits per heavy atom. The highest BCUT2D eigenvalue weighted by molar-refractivity contribution is 5.91. The Morgan fingerprint density at radius 3 is 2.84 bits per heavy atom. The van der Waals surface area contributed by atoms with Gasteiger partial charge in [-0.05, 0) is 19.8 Å². The molecule has 0 bridgehead atoms. The number of hydrogen-bond acceptors (Lipinski definition) is 4. The van der Waals surface area contributed by atoms with Crippen LogP contribution in [0.5, 0.6) is 0 Å². The lowest BCUT2D eigenvalue weighted by atomic mass is 9.94. The minimum absolute atomic E-state index is 0.269. The number of hydrogen-bond donors (Lipinski definition) is 2. The van der Waals surface area contributed by atoms with E-state index in [2.05, 4.69) is 15.4 Å². The molecule has 2 N–H and O–H groups in total. The molecule has 1 aliphatic rings. The highest BCUT2D eigenvalue weighted by Crippen LogP contribution is 2.27. The van der Waals surface area contributed by atoms with Crippen LogP contribution in [0.2, 0.25) is 0 Å². The highest BCUT2D eigenvalue weighted by atomic mass is 19.4. The van der Waals surface area contributed by atoms with E-state index < -0.39 is 23.8 Å². The normalized spacial score (nSPS) is 24.2. The smallest absolute Gasteiger partial charge is 0.378 e. The van der Waals surface area contributed by atoms with Crippen molar-refractivity contribution >= 4 is 11.9 Å². The Kier molecular flexibility index (Phi) is 3.74. The van der Waals surface area contributed by atoms with Crippen LogP contribution in [0.4, 0.5) is 19.1 Å². The molecule has 6 nitrogen and oxygen atoms in total. The Balaban J connectivity index is 2.00. The first kappa shape index (κ1) is 13.8. The summed E-state index contributed by atoms with van der Waals surface area (Å²) in [7, 11) is 0.